The van der Waals surface area contributed by atoms with Crippen molar-refractivity contribution in [1.29, 1.82) is 0 Å². The van der Waals surface area contributed by atoms with Gasteiger partial charge in [0.25, 0.3) is 5.91 Å². The van der Waals surface area contributed by atoms with Crippen LogP contribution >= 0.6 is 0 Å². The minimum Gasteiger partial charge on any atom is -0.508 e. The number of rotatable bonds is 5. The van der Waals surface area contributed by atoms with Crippen LogP contribution in [0.4, 0.5) is 13.2 Å². The van der Waals surface area contributed by atoms with E-state index in [0.717, 1.165) is 5.56 Å². The standard InChI is InChI=1S/C23H23F3N2O3/c1-27-22(30)20-19-16(10-12-28-11-9-15(13-28)23(24,25)26)17(29)7-8-18(19)31-21(20)14-5-3-2-4-6-14/h2-8,15,29H,9-13H2,1H3,(H,27,30). The maximum Gasteiger partial charge on any atom is 0.393 e. The monoisotopic (exact) mass is 432 g/mol. The van der Waals surface area contributed by atoms with Gasteiger partial charge in [0.2, 0.25) is 0 Å². The van der Waals surface area contributed by atoms with E-state index in [0.29, 0.717) is 47.4 Å². The molecule has 31 heavy (non-hydrogen) atoms. The van der Waals surface area contributed by atoms with Crippen molar-refractivity contribution in [3.05, 3.63) is 53.6 Å². The molecule has 1 aliphatic rings. The van der Waals surface area contributed by atoms with E-state index in [1.807, 2.05) is 30.3 Å². The molecule has 2 N–H and O–H groups in total. The lowest BCUT2D eigenvalue weighted by Gasteiger charge is -2.18. The molecular formula is C23H23F3N2O3. The Morgan fingerprint density at radius 1 is 1.23 bits per heavy atom. The van der Waals surface area contributed by atoms with Crippen LogP contribution in [-0.4, -0.2) is 48.8 Å². The summed E-state index contributed by atoms with van der Waals surface area (Å²) in [6, 6.07) is 12.3. The van der Waals surface area contributed by atoms with Crippen molar-refractivity contribution in [1.82, 2.24) is 10.2 Å². The van der Waals surface area contributed by atoms with E-state index in [1.165, 1.54) is 13.1 Å². The molecule has 2 aromatic carbocycles. The van der Waals surface area contributed by atoms with Crippen molar-refractivity contribution in [3.63, 3.8) is 0 Å². The van der Waals surface area contributed by atoms with Gasteiger partial charge in [0.1, 0.15) is 17.1 Å². The van der Waals surface area contributed by atoms with Gasteiger partial charge in [-0.15, -0.1) is 0 Å². The van der Waals surface area contributed by atoms with Crippen LogP contribution in [0.1, 0.15) is 22.3 Å². The number of hydrogen-bond donors (Lipinski definition) is 2. The minimum absolute atomic E-state index is 0.00960. The average Bonchev–Trinajstić information content (AvgIpc) is 3.38. The third-order valence-corrected chi connectivity index (χ3v) is 5.84. The summed E-state index contributed by atoms with van der Waals surface area (Å²) in [5, 5.41) is 13.7. The molecule has 0 spiro atoms. The molecule has 0 radical (unpaired) electrons. The molecule has 164 valence electrons. The lowest BCUT2D eigenvalue weighted by Crippen LogP contribution is -2.28. The van der Waals surface area contributed by atoms with E-state index in [9.17, 15) is 23.1 Å². The number of carbonyl (C=O) groups excluding carboxylic acids is 1. The Morgan fingerprint density at radius 3 is 2.61 bits per heavy atom. The number of benzene rings is 2. The van der Waals surface area contributed by atoms with Gasteiger partial charge in [-0.1, -0.05) is 30.3 Å². The summed E-state index contributed by atoms with van der Waals surface area (Å²) in [5.41, 5.74) is 1.97. The van der Waals surface area contributed by atoms with E-state index in [1.54, 1.807) is 11.0 Å². The number of carbonyl (C=O) groups is 1. The second-order valence-corrected chi connectivity index (χ2v) is 7.77. The van der Waals surface area contributed by atoms with Crippen LogP contribution < -0.4 is 5.32 Å². The number of phenolic OH excluding ortho intramolecular Hbond substituents is 1. The van der Waals surface area contributed by atoms with Crippen LogP contribution in [0.15, 0.2) is 46.9 Å². The summed E-state index contributed by atoms with van der Waals surface area (Å²) in [4.78, 5) is 14.5. The Kier molecular flexibility index (Phi) is 5.66. The highest BCUT2D eigenvalue weighted by Gasteiger charge is 2.43. The number of aromatic hydroxyl groups is 1. The first-order valence-corrected chi connectivity index (χ1v) is 10.1. The number of nitrogens with zero attached hydrogens (tertiary/aromatic N) is 1. The van der Waals surface area contributed by atoms with E-state index in [2.05, 4.69) is 5.32 Å². The number of alkyl halides is 3. The van der Waals surface area contributed by atoms with E-state index >= 15 is 0 Å². The van der Waals surface area contributed by atoms with E-state index < -0.39 is 12.1 Å². The number of amides is 1. The fourth-order valence-corrected chi connectivity index (χ4v) is 4.21. The zero-order valence-electron chi connectivity index (χ0n) is 17.0. The maximum atomic E-state index is 13.0. The first-order chi connectivity index (χ1) is 14.8. The molecule has 0 aliphatic carbocycles. The lowest BCUT2D eigenvalue weighted by atomic mass is 9.98. The average molecular weight is 432 g/mol. The van der Waals surface area contributed by atoms with Gasteiger partial charge in [0, 0.05) is 36.7 Å². The number of nitrogens with one attached hydrogen (secondary N) is 1. The second kappa shape index (κ2) is 8.26. The smallest absolute Gasteiger partial charge is 0.393 e. The predicted octanol–water partition coefficient (Wildman–Crippen LogP) is 4.59. The normalized spacial score (nSPS) is 17.4. The molecule has 1 aromatic heterocycles. The molecule has 3 aromatic rings. The zero-order chi connectivity index (χ0) is 22.2. The zero-order valence-corrected chi connectivity index (χ0v) is 17.0. The highest BCUT2D eigenvalue weighted by Crippen LogP contribution is 2.39. The summed E-state index contributed by atoms with van der Waals surface area (Å²) in [6.07, 6.45) is -3.82. The van der Waals surface area contributed by atoms with E-state index in [-0.39, 0.29) is 24.6 Å². The summed E-state index contributed by atoms with van der Waals surface area (Å²) in [7, 11) is 1.51. The summed E-state index contributed by atoms with van der Waals surface area (Å²) in [5.74, 6) is -1.30. The Morgan fingerprint density at radius 2 is 1.97 bits per heavy atom. The number of likely N-dealkylation sites (tertiary alicyclic amines) is 1. The van der Waals surface area contributed by atoms with Gasteiger partial charge in [-0.3, -0.25) is 4.79 Å². The molecule has 2 heterocycles. The van der Waals surface area contributed by atoms with Gasteiger partial charge in [0.05, 0.1) is 11.5 Å². The van der Waals surface area contributed by atoms with Crippen molar-refractivity contribution in [3.8, 4) is 17.1 Å². The Hall–Kier alpha value is -3.00. The van der Waals surface area contributed by atoms with Crippen molar-refractivity contribution >= 4 is 16.9 Å². The fourth-order valence-electron chi connectivity index (χ4n) is 4.21. The number of furan rings is 1. The van der Waals surface area contributed by atoms with Crippen LogP contribution in [0.3, 0.4) is 0 Å². The number of halogens is 3. The predicted molar refractivity (Wildman–Crippen MR) is 111 cm³/mol. The third-order valence-electron chi connectivity index (χ3n) is 5.84. The Labute approximate surface area is 177 Å². The number of phenols is 1. The molecular weight excluding hydrogens is 409 g/mol. The largest absolute Gasteiger partial charge is 0.508 e. The molecule has 1 atom stereocenters. The van der Waals surface area contributed by atoms with Gasteiger partial charge in [-0.25, -0.2) is 0 Å². The Bertz CT molecular complexity index is 1090. The van der Waals surface area contributed by atoms with Gasteiger partial charge in [-0.2, -0.15) is 13.2 Å². The quantitative estimate of drug-likeness (QED) is 0.619. The topological polar surface area (TPSA) is 65.7 Å². The van der Waals surface area contributed by atoms with Gasteiger partial charge < -0.3 is 19.7 Å². The van der Waals surface area contributed by atoms with Crippen molar-refractivity contribution in [2.45, 2.75) is 19.0 Å². The molecule has 1 unspecified atom stereocenters. The second-order valence-electron chi connectivity index (χ2n) is 7.77. The first kappa shape index (κ1) is 21.2. The SMILES string of the molecule is CNC(=O)c1c(-c2ccccc2)oc2ccc(O)c(CCN3CCC(C(F)(F)F)C3)c12. The van der Waals surface area contributed by atoms with Crippen LogP contribution in [-0.2, 0) is 6.42 Å². The molecule has 1 fully saturated rings. The Balaban J connectivity index is 1.71. The molecule has 4 rings (SSSR count). The molecule has 1 amide bonds. The van der Waals surface area contributed by atoms with E-state index in [4.69, 9.17) is 4.42 Å². The fraction of sp³-hybridized carbons (Fsp3) is 0.348. The lowest BCUT2D eigenvalue weighted by molar-refractivity contribution is -0.170. The summed E-state index contributed by atoms with van der Waals surface area (Å²) in [6.45, 7) is 0.644. The van der Waals surface area contributed by atoms with Crippen molar-refractivity contribution in [2.24, 2.45) is 5.92 Å². The number of hydrogen-bond acceptors (Lipinski definition) is 4. The van der Waals surface area contributed by atoms with Gasteiger partial charge >= 0.3 is 6.18 Å². The molecule has 8 heteroatoms. The third kappa shape index (κ3) is 4.12. The molecule has 0 bridgehead atoms. The van der Waals surface area contributed by atoms with Gasteiger partial charge in [0.15, 0.2) is 0 Å². The summed E-state index contributed by atoms with van der Waals surface area (Å²) >= 11 is 0. The minimum atomic E-state index is -4.20. The van der Waals surface area contributed by atoms with Crippen molar-refractivity contribution < 1.29 is 27.5 Å². The number of fused-ring (bicyclic) bond motifs is 1. The molecule has 5 nitrogen and oxygen atoms in total. The van der Waals surface area contributed by atoms with Crippen LogP contribution in [0.5, 0.6) is 5.75 Å². The first-order valence-electron chi connectivity index (χ1n) is 10.1. The van der Waals surface area contributed by atoms with Crippen molar-refractivity contribution in [2.75, 3.05) is 26.7 Å². The molecule has 1 aliphatic heterocycles. The van der Waals surface area contributed by atoms with Crippen LogP contribution in [0, 0.1) is 5.92 Å². The highest BCUT2D eigenvalue weighted by atomic mass is 19.4. The van der Waals surface area contributed by atoms with Crippen LogP contribution in [0.2, 0.25) is 0 Å². The van der Waals surface area contributed by atoms with Gasteiger partial charge in [-0.05, 0) is 31.5 Å². The maximum absolute atomic E-state index is 13.0. The van der Waals surface area contributed by atoms with Crippen LogP contribution in [0.25, 0.3) is 22.3 Å². The highest BCUT2D eigenvalue weighted by molar-refractivity contribution is 6.12. The molecule has 0 saturated carbocycles. The summed E-state index contributed by atoms with van der Waals surface area (Å²) < 4.78 is 45.0. The molecule has 1 saturated heterocycles.